The van der Waals surface area contributed by atoms with Crippen molar-refractivity contribution in [1.82, 2.24) is 5.32 Å². The van der Waals surface area contributed by atoms with Crippen LogP contribution in [0.25, 0.3) is 0 Å². The summed E-state index contributed by atoms with van der Waals surface area (Å²) in [5.74, 6) is -0.625. The zero-order chi connectivity index (χ0) is 11.0. The first-order chi connectivity index (χ1) is 6.56. The summed E-state index contributed by atoms with van der Waals surface area (Å²) in [5, 5.41) is 5.53. The third-order valence-corrected chi connectivity index (χ3v) is 0.909. The first-order valence-corrected chi connectivity index (χ1v) is 3.81. The van der Waals surface area contributed by atoms with E-state index in [0.717, 1.165) is 6.08 Å². The van der Waals surface area contributed by atoms with E-state index in [1.165, 1.54) is 0 Å². The Kier molecular flexibility index (Phi) is 5.77. The fraction of sp³-hybridized carbons (Fsp3) is 0.375. The Balaban J connectivity index is 3.60. The van der Waals surface area contributed by atoms with E-state index in [2.05, 4.69) is 26.6 Å². The highest BCUT2D eigenvalue weighted by atomic mass is 16.7. The van der Waals surface area contributed by atoms with Crippen molar-refractivity contribution in [2.75, 3.05) is 6.73 Å². The van der Waals surface area contributed by atoms with Crippen LogP contribution in [0.4, 0.5) is 4.79 Å². The predicted octanol–water partition coefficient (Wildman–Crippen LogP) is 0.795. The average Bonchev–Trinajstić information content (AvgIpc) is 2.14. The molecule has 0 aliphatic carbocycles. The van der Waals surface area contributed by atoms with Crippen LogP contribution in [-0.4, -0.2) is 24.5 Å². The molecule has 0 spiro atoms. The molecule has 0 saturated carbocycles. The number of amides is 1. The predicted molar refractivity (Wildman–Crippen MR) is 49.6 cm³/mol. The van der Waals surface area contributed by atoms with Crippen LogP contribution in [0.5, 0.6) is 0 Å². The molecule has 0 atom stereocenters. The quantitative estimate of drug-likeness (QED) is 0.182. The van der Waals surface area contributed by atoms with Gasteiger partial charge >= 0.3 is 12.1 Å². The summed E-state index contributed by atoms with van der Waals surface area (Å²) in [6.45, 7) is 6.25. The lowest BCUT2D eigenvalue weighted by Gasteiger charge is -2.02. The molecule has 6 heteroatoms. The Hall–Kier alpha value is -1.85. The van der Waals surface area contributed by atoms with Crippen LogP contribution in [0.3, 0.4) is 0 Å². The molecule has 0 aliphatic rings. The molecule has 0 saturated heterocycles. The first kappa shape index (κ1) is 12.2. The molecule has 0 bridgehead atoms. The van der Waals surface area contributed by atoms with Gasteiger partial charge in [0.1, 0.15) is 0 Å². The van der Waals surface area contributed by atoms with E-state index in [-0.39, 0.29) is 6.73 Å². The minimum Gasteiger partial charge on any atom is -0.441 e. The number of nitrogens with zero attached hydrogens (tertiary/aromatic N) is 1. The summed E-state index contributed by atoms with van der Waals surface area (Å²) in [7, 11) is 0. The van der Waals surface area contributed by atoms with Gasteiger partial charge in [0.2, 0.25) is 0 Å². The fourth-order valence-corrected chi connectivity index (χ4v) is 0.390. The summed E-state index contributed by atoms with van der Waals surface area (Å²) >= 11 is 0. The van der Waals surface area contributed by atoms with Crippen LogP contribution in [0.1, 0.15) is 13.8 Å². The van der Waals surface area contributed by atoms with Crippen LogP contribution in [0, 0.1) is 0 Å². The number of hydrogen-bond acceptors (Lipinski definition) is 5. The second-order valence-corrected chi connectivity index (χ2v) is 2.41. The molecule has 6 nitrogen and oxygen atoms in total. The molecule has 0 aromatic rings. The van der Waals surface area contributed by atoms with Crippen molar-refractivity contribution >= 4 is 17.8 Å². The zero-order valence-electron chi connectivity index (χ0n) is 8.07. The topological polar surface area (TPSA) is 77.0 Å². The molecular formula is C8H12N2O4. The van der Waals surface area contributed by atoms with Gasteiger partial charge in [-0.05, 0) is 13.8 Å². The van der Waals surface area contributed by atoms with Crippen molar-refractivity contribution in [1.29, 1.82) is 0 Å². The molecule has 0 aliphatic heterocycles. The number of carbonyl (C=O) groups excluding carboxylic acids is 2. The number of hydrogen-bond donors (Lipinski definition) is 1. The molecule has 0 aromatic carbocycles. The Morgan fingerprint density at radius 3 is 2.64 bits per heavy atom. The largest absolute Gasteiger partial charge is 0.441 e. The summed E-state index contributed by atoms with van der Waals surface area (Å²) in [6.07, 6.45) is 0.199. The Bertz CT molecular complexity index is 256. The van der Waals surface area contributed by atoms with Gasteiger partial charge in [-0.15, -0.1) is 0 Å². The Morgan fingerprint density at radius 2 is 2.14 bits per heavy atom. The van der Waals surface area contributed by atoms with Crippen LogP contribution < -0.4 is 5.32 Å². The average molecular weight is 200 g/mol. The lowest BCUT2D eigenvalue weighted by atomic mass is 10.5. The van der Waals surface area contributed by atoms with Crippen molar-refractivity contribution in [3.63, 3.8) is 0 Å². The van der Waals surface area contributed by atoms with Crippen molar-refractivity contribution < 1.29 is 19.2 Å². The molecule has 78 valence electrons. The maximum absolute atomic E-state index is 10.8. The summed E-state index contributed by atoms with van der Waals surface area (Å²) in [5.41, 5.74) is 0.600. The van der Waals surface area contributed by atoms with Gasteiger partial charge in [-0.25, -0.2) is 9.59 Å². The van der Waals surface area contributed by atoms with Gasteiger partial charge in [-0.3, -0.25) is 10.2 Å². The lowest BCUT2D eigenvalue weighted by Crippen LogP contribution is -2.26. The minimum atomic E-state index is -0.789. The Morgan fingerprint density at radius 1 is 1.50 bits per heavy atom. The van der Waals surface area contributed by atoms with Crippen LogP contribution in [0.15, 0.2) is 17.8 Å². The van der Waals surface area contributed by atoms with Gasteiger partial charge in [-0.1, -0.05) is 11.7 Å². The zero-order valence-corrected chi connectivity index (χ0v) is 8.07. The summed E-state index contributed by atoms with van der Waals surface area (Å²) < 4.78 is 4.45. The lowest BCUT2D eigenvalue weighted by molar-refractivity contribution is -0.138. The van der Waals surface area contributed by atoms with Gasteiger partial charge in [0, 0.05) is 6.08 Å². The molecule has 0 radical (unpaired) electrons. The standard InChI is InChI=1S/C8H12N2O4/c1-4-7(11)13-5-9-8(12)14-10-6(2)3/h4H,1,5H2,2-3H3,(H,9,12). The number of rotatable bonds is 4. The number of carbonyl (C=O) groups is 2. The fourth-order valence-electron chi connectivity index (χ4n) is 0.390. The minimum absolute atomic E-state index is 0.276. The monoisotopic (exact) mass is 200 g/mol. The van der Waals surface area contributed by atoms with Gasteiger partial charge in [0.25, 0.3) is 0 Å². The van der Waals surface area contributed by atoms with Crippen molar-refractivity contribution in [2.24, 2.45) is 5.16 Å². The molecule has 14 heavy (non-hydrogen) atoms. The van der Waals surface area contributed by atoms with Crippen LogP contribution >= 0.6 is 0 Å². The van der Waals surface area contributed by atoms with E-state index < -0.39 is 12.1 Å². The van der Waals surface area contributed by atoms with Gasteiger partial charge < -0.3 is 4.74 Å². The summed E-state index contributed by atoms with van der Waals surface area (Å²) in [4.78, 5) is 25.6. The first-order valence-electron chi connectivity index (χ1n) is 3.81. The van der Waals surface area contributed by atoms with E-state index in [4.69, 9.17) is 0 Å². The summed E-state index contributed by atoms with van der Waals surface area (Å²) in [6, 6.07) is 0. The maximum atomic E-state index is 10.8. The van der Waals surface area contributed by atoms with Gasteiger partial charge in [0.15, 0.2) is 6.73 Å². The molecule has 0 rings (SSSR count). The molecular weight excluding hydrogens is 188 g/mol. The van der Waals surface area contributed by atoms with Crippen LogP contribution in [0.2, 0.25) is 0 Å². The van der Waals surface area contributed by atoms with Gasteiger partial charge in [0.05, 0.1) is 5.71 Å². The van der Waals surface area contributed by atoms with E-state index >= 15 is 0 Å². The van der Waals surface area contributed by atoms with E-state index in [1.54, 1.807) is 13.8 Å². The van der Waals surface area contributed by atoms with Crippen molar-refractivity contribution in [3.8, 4) is 0 Å². The molecule has 0 aromatic heterocycles. The molecule has 0 heterocycles. The van der Waals surface area contributed by atoms with Crippen molar-refractivity contribution in [3.05, 3.63) is 12.7 Å². The second kappa shape index (κ2) is 6.64. The highest BCUT2D eigenvalue weighted by Gasteiger charge is 2.01. The number of oxime groups is 1. The van der Waals surface area contributed by atoms with Gasteiger partial charge in [-0.2, -0.15) is 0 Å². The number of ether oxygens (including phenoxy) is 1. The smallest absolute Gasteiger partial charge is 0.435 e. The number of esters is 1. The maximum Gasteiger partial charge on any atom is 0.435 e. The molecule has 0 fully saturated rings. The van der Waals surface area contributed by atoms with E-state index in [1.807, 2.05) is 0 Å². The molecule has 1 N–H and O–H groups in total. The highest BCUT2D eigenvalue weighted by Crippen LogP contribution is 1.82. The molecule has 1 amide bonds. The second-order valence-electron chi connectivity index (χ2n) is 2.41. The Labute approximate surface area is 81.6 Å². The number of nitrogens with one attached hydrogen (secondary N) is 1. The third kappa shape index (κ3) is 6.84. The van der Waals surface area contributed by atoms with E-state index in [9.17, 15) is 9.59 Å². The third-order valence-electron chi connectivity index (χ3n) is 0.909. The van der Waals surface area contributed by atoms with Crippen molar-refractivity contribution in [2.45, 2.75) is 13.8 Å². The highest BCUT2D eigenvalue weighted by molar-refractivity contribution is 5.81. The SMILES string of the molecule is C=CC(=O)OCNC(=O)ON=C(C)C. The normalized spacial score (nSPS) is 8.43. The molecule has 0 unspecified atom stereocenters. The van der Waals surface area contributed by atoms with Crippen LogP contribution in [-0.2, 0) is 14.4 Å². The van der Waals surface area contributed by atoms with E-state index in [0.29, 0.717) is 5.71 Å².